The van der Waals surface area contributed by atoms with Crippen LogP contribution in [0, 0.1) is 13.8 Å². The summed E-state index contributed by atoms with van der Waals surface area (Å²) in [6.45, 7) is 11.4. The molecule has 19 heavy (non-hydrogen) atoms. The number of nitrogens with zero attached hydrogens (tertiary/aromatic N) is 2. The molecule has 0 bridgehead atoms. The molecule has 0 radical (unpaired) electrons. The molecule has 1 amide bonds. The first kappa shape index (κ1) is 15.7. The predicted molar refractivity (Wildman–Crippen MR) is 77.5 cm³/mol. The van der Waals surface area contributed by atoms with E-state index in [1.54, 1.807) is 6.92 Å². The molecule has 106 valence electrons. The topological polar surface area (TPSA) is 66.9 Å². The van der Waals surface area contributed by atoms with Gasteiger partial charge in [0.25, 0.3) is 0 Å². The minimum absolute atomic E-state index is 0.0821. The van der Waals surface area contributed by atoms with E-state index >= 15 is 0 Å². The van der Waals surface area contributed by atoms with E-state index in [1.807, 2.05) is 34.6 Å². The molecule has 1 heterocycles. The number of carbonyl (C=O) groups is 1. The first-order valence-electron chi connectivity index (χ1n) is 6.20. The van der Waals surface area contributed by atoms with E-state index in [2.05, 4.69) is 20.8 Å². The number of nitrogens with one attached hydrogen (secondary N) is 2. The van der Waals surface area contributed by atoms with Crippen LogP contribution < -0.4 is 10.6 Å². The Hall–Kier alpha value is -1.36. The summed E-state index contributed by atoms with van der Waals surface area (Å²) in [7, 11) is 0. The third kappa shape index (κ3) is 4.35. The maximum atomic E-state index is 12.0. The van der Waals surface area contributed by atoms with Gasteiger partial charge in [0, 0.05) is 5.54 Å². The van der Waals surface area contributed by atoms with Crippen LogP contribution >= 0.6 is 11.6 Å². The average Bonchev–Trinajstić information content (AvgIpc) is 2.27. The summed E-state index contributed by atoms with van der Waals surface area (Å²) >= 11 is 5.89. The van der Waals surface area contributed by atoms with Gasteiger partial charge in [-0.05, 0) is 52.7 Å². The lowest BCUT2D eigenvalue weighted by atomic mass is 10.1. The van der Waals surface area contributed by atoms with E-state index < -0.39 is 6.04 Å². The van der Waals surface area contributed by atoms with Crippen LogP contribution in [0.1, 0.15) is 38.8 Å². The monoisotopic (exact) mass is 284 g/mol. The van der Waals surface area contributed by atoms with Gasteiger partial charge in [0.2, 0.25) is 5.91 Å². The van der Waals surface area contributed by atoms with Gasteiger partial charge in [-0.25, -0.2) is 0 Å². The van der Waals surface area contributed by atoms with Crippen molar-refractivity contribution in [2.75, 3.05) is 5.32 Å². The highest BCUT2D eigenvalue weighted by Crippen LogP contribution is 2.21. The van der Waals surface area contributed by atoms with Gasteiger partial charge in [-0.1, -0.05) is 11.6 Å². The van der Waals surface area contributed by atoms with Gasteiger partial charge in [-0.2, -0.15) is 0 Å². The van der Waals surface area contributed by atoms with Crippen molar-refractivity contribution < 1.29 is 4.79 Å². The summed E-state index contributed by atoms with van der Waals surface area (Å²) in [6.07, 6.45) is 0. The summed E-state index contributed by atoms with van der Waals surface area (Å²) in [5.74, 6) is 0.500. The van der Waals surface area contributed by atoms with E-state index in [1.165, 1.54) is 0 Å². The number of hydrogen-bond acceptors (Lipinski definition) is 4. The Balaban J connectivity index is 2.80. The van der Waals surface area contributed by atoms with Crippen molar-refractivity contribution in [3.8, 4) is 0 Å². The second-order valence-electron chi connectivity index (χ2n) is 5.69. The van der Waals surface area contributed by atoms with Gasteiger partial charge < -0.3 is 10.6 Å². The van der Waals surface area contributed by atoms with Crippen LogP contribution in [-0.2, 0) is 4.79 Å². The number of rotatable bonds is 3. The Kier molecular flexibility index (Phi) is 4.74. The summed E-state index contributed by atoms with van der Waals surface area (Å²) < 4.78 is 0. The quantitative estimate of drug-likeness (QED) is 0.895. The zero-order chi connectivity index (χ0) is 14.8. The van der Waals surface area contributed by atoms with E-state index in [-0.39, 0.29) is 11.4 Å². The summed E-state index contributed by atoms with van der Waals surface area (Å²) in [5, 5.41) is 14.2. The second-order valence-corrected chi connectivity index (χ2v) is 6.05. The van der Waals surface area contributed by atoms with Crippen molar-refractivity contribution in [2.24, 2.45) is 0 Å². The lowest BCUT2D eigenvalue weighted by Crippen LogP contribution is -2.47. The van der Waals surface area contributed by atoms with Gasteiger partial charge in [0.15, 0.2) is 11.0 Å². The van der Waals surface area contributed by atoms with Crippen LogP contribution in [0.5, 0.6) is 0 Å². The molecule has 0 aliphatic heterocycles. The van der Waals surface area contributed by atoms with Crippen LogP contribution in [0.2, 0.25) is 5.15 Å². The molecule has 5 nitrogen and oxygen atoms in total. The van der Waals surface area contributed by atoms with Crippen LogP contribution in [-0.4, -0.2) is 27.7 Å². The van der Waals surface area contributed by atoms with Crippen molar-refractivity contribution >= 4 is 23.3 Å². The molecule has 0 aliphatic carbocycles. The van der Waals surface area contributed by atoms with Gasteiger partial charge in [0.05, 0.1) is 0 Å². The van der Waals surface area contributed by atoms with E-state index in [4.69, 9.17) is 11.6 Å². The highest BCUT2D eigenvalue weighted by atomic mass is 35.5. The molecular weight excluding hydrogens is 264 g/mol. The number of amides is 1. The zero-order valence-corrected chi connectivity index (χ0v) is 13.0. The van der Waals surface area contributed by atoms with Crippen LogP contribution in [0.3, 0.4) is 0 Å². The molecule has 1 aromatic rings. The SMILES string of the molecule is Cc1c(Cl)nnc(NC(C)C(=O)NC(C)(C)C)c1C. The standard InChI is InChI=1S/C13H21ClN4O/c1-7-8(2)11(18-17-10(7)14)15-9(3)12(19)16-13(4,5)6/h9H,1-6H3,(H,15,18)(H,16,19). The Labute approximate surface area is 119 Å². The fourth-order valence-electron chi connectivity index (χ4n) is 1.46. The molecule has 0 fully saturated rings. The smallest absolute Gasteiger partial charge is 0.242 e. The maximum Gasteiger partial charge on any atom is 0.242 e. The van der Waals surface area contributed by atoms with Gasteiger partial charge in [0.1, 0.15) is 6.04 Å². The fourth-order valence-corrected chi connectivity index (χ4v) is 1.64. The zero-order valence-electron chi connectivity index (χ0n) is 12.3. The number of aromatic nitrogens is 2. The molecular formula is C13H21ClN4O. The lowest BCUT2D eigenvalue weighted by molar-refractivity contribution is -0.122. The molecule has 1 aromatic heterocycles. The van der Waals surface area contributed by atoms with E-state index in [0.29, 0.717) is 11.0 Å². The number of anilines is 1. The Bertz CT molecular complexity index is 482. The molecule has 1 rings (SSSR count). The first-order chi connectivity index (χ1) is 8.61. The fraction of sp³-hybridized carbons (Fsp3) is 0.615. The Morgan fingerprint density at radius 2 is 1.79 bits per heavy atom. The van der Waals surface area contributed by atoms with Gasteiger partial charge in [-0.3, -0.25) is 4.79 Å². The molecule has 0 aliphatic rings. The number of carbonyl (C=O) groups excluding carboxylic acids is 1. The molecule has 0 saturated heterocycles. The number of hydrogen-bond donors (Lipinski definition) is 2. The largest absolute Gasteiger partial charge is 0.357 e. The first-order valence-corrected chi connectivity index (χ1v) is 6.57. The average molecular weight is 285 g/mol. The highest BCUT2D eigenvalue weighted by Gasteiger charge is 2.20. The van der Waals surface area contributed by atoms with Gasteiger partial charge >= 0.3 is 0 Å². The Morgan fingerprint density at radius 1 is 1.21 bits per heavy atom. The van der Waals surface area contributed by atoms with Gasteiger partial charge in [-0.15, -0.1) is 10.2 Å². The molecule has 0 saturated carbocycles. The van der Waals surface area contributed by atoms with Crippen molar-refractivity contribution in [2.45, 2.75) is 53.1 Å². The predicted octanol–water partition coefficient (Wildman–Crippen LogP) is 2.46. The molecule has 6 heteroatoms. The van der Waals surface area contributed by atoms with Crippen molar-refractivity contribution in [1.29, 1.82) is 0 Å². The normalized spacial score (nSPS) is 13.0. The summed E-state index contributed by atoms with van der Waals surface area (Å²) in [6, 6.07) is -0.396. The highest BCUT2D eigenvalue weighted by molar-refractivity contribution is 6.30. The molecule has 2 N–H and O–H groups in total. The maximum absolute atomic E-state index is 12.0. The van der Waals surface area contributed by atoms with Crippen LogP contribution in [0.25, 0.3) is 0 Å². The third-order valence-corrected chi connectivity index (χ3v) is 3.07. The minimum Gasteiger partial charge on any atom is -0.357 e. The second kappa shape index (κ2) is 5.74. The van der Waals surface area contributed by atoms with Crippen molar-refractivity contribution in [3.63, 3.8) is 0 Å². The molecule has 1 atom stereocenters. The van der Waals surface area contributed by atoms with E-state index in [0.717, 1.165) is 11.1 Å². The minimum atomic E-state index is -0.396. The van der Waals surface area contributed by atoms with Crippen LogP contribution in [0.15, 0.2) is 0 Å². The molecule has 0 aromatic carbocycles. The Morgan fingerprint density at radius 3 is 2.32 bits per heavy atom. The third-order valence-electron chi connectivity index (χ3n) is 2.71. The molecule has 0 spiro atoms. The number of halogens is 1. The van der Waals surface area contributed by atoms with Crippen molar-refractivity contribution in [1.82, 2.24) is 15.5 Å². The molecule has 1 unspecified atom stereocenters. The van der Waals surface area contributed by atoms with Crippen LogP contribution in [0.4, 0.5) is 5.82 Å². The summed E-state index contributed by atoms with van der Waals surface area (Å²) in [4.78, 5) is 12.0. The summed E-state index contributed by atoms with van der Waals surface area (Å²) in [5.41, 5.74) is 1.50. The van der Waals surface area contributed by atoms with E-state index in [9.17, 15) is 4.79 Å². The van der Waals surface area contributed by atoms with Crippen molar-refractivity contribution in [3.05, 3.63) is 16.3 Å². The lowest BCUT2D eigenvalue weighted by Gasteiger charge is -2.24.